The molecule has 0 saturated carbocycles. The predicted molar refractivity (Wildman–Crippen MR) is 51.9 cm³/mol. The fourth-order valence-electron chi connectivity index (χ4n) is 1.16. The maximum atomic E-state index is 10.6. The van der Waals surface area contributed by atoms with Gasteiger partial charge in [-0.15, -0.1) is 0 Å². The molecule has 1 aromatic rings. The molecular formula is C10H12O5. The summed E-state index contributed by atoms with van der Waals surface area (Å²) in [6.45, 7) is 2.05. The van der Waals surface area contributed by atoms with Crippen LogP contribution in [0.1, 0.15) is 18.6 Å². The zero-order valence-corrected chi connectivity index (χ0v) is 8.17. The summed E-state index contributed by atoms with van der Waals surface area (Å²) in [6.07, 6.45) is -1.65. The van der Waals surface area contributed by atoms with Gasteiger partial charge in [0, 0.05) is 11.6 Å². The number of aliphatic hydroxyl groups is 1. The molecule has 0 amide bonds. The fourth-order valence-corrected chi connectivity index (χ4v) is 1.16. The summed E-state index contributed by atoms with van der Waals surface area (Å²) in [5.74, 6) is -1.23. The molecule has 5 heteroatoms. The van der Waals surface area contributed by atoms with Crippen molar-refractivity contribution in [2.75, 3.05) is 6.61 Å². The number of phenolic OH excluding ortho intramolecular Hbond substituents is 1. The van der Waals surface area contributed by atoms with Gasteiger partial charge in [-0.25, -0.2) is 4.79 Å². The number of ether oxygens (including phenoxy) is 1. The monoisotopic (exact) mass is 212 g/mol. The second-order valence-corrected chi connectivity index (χ2v) is 2.90. The predicted octanol–water partition coefficient (Wildman–Crippen LogP) is 0.909. The lowest BCUT2D eigenvalue weighted by Gasteiger charge is -2.12. The molecule has 82 valence electrons. The lowest BCUT2D eigenvalue weighted by Crippen LogP contribution is -2.12. The number of aromatic hydroxyl groups is 1. The molecule has 0 aliphatic heterocycles. The lowest BCUT2D eigenvalue weighted by molar-refractivity contribution is -0.147. The normalized spacial score (nSPS) is 12.1. The van der Waals surface area contributed by atoms with E-state index in [1.807, 2.05) is 0 Å². The third kappa shape index (κ3) is 2.60. The Morgan fingerprint density at radius 1 is 1.53 bits per heavy atom. The molecule has 0 aliphatic rings. The highest BCUT2D eigenvalue weighted by molar-refractivity contribution is 5.75. The number of carboxylic acids is 1. The number of aliphatic carboxylic acids is 1. The Bertz CT molecular complexity index is 361. The second-order valence-electron chi connectivity index (χ2n) is 2.90. The number of aliphatic hydroxyl groups excluding tert-OH is 1. The molecule has 0 aliphatic carbocycles. The lowest BCUT2D eigenvalue weighted by atomic mass is 10.1. The molecule has 0 heterocycles. The van der Waals surface area contributed by atoms with Crippen molar-refractivity contribution in [1.82, 2.24) is 0 Å². The van der Waals surface area contributed by atoms with Gasteiger partial charge in [0.05, 0.1) is 6.61 Å². The number of hydrogen-bond donors (Lipinski definition) is 3. The van der Waals surface area contributed by atoms with E-state index in [1.165, 1.54) is 18.2 Å². The minimum atomic E-state index is -1.65. The first-order chi connectivity index (χ1) is 7.06. The molecule has 1 rings (SSSR count). The Kier molecular flexibility index (Phi) is 3.51. The molecule has 1 aromatic carbocycles. The Labute approximate surface area is 86.5 Å². The van der Waals surface area contributed by atoms with Crippen molar-refractivity contribution in [1.29, 1.82) is 0 Å². The Balaban J connectivity index is 3.10. The maximum absolute atomic E-state index is 10.6. The Hall–Kier alpha value is -1.75. The molecule has 0 saturated heterocycles. The van der Waals surface area contributed by atoms with Gasteiger partial charge in [-0.1, -0.05) is 0 Å². The van der Waals surface area contributed by atoms with E-state index in [1.54, 1.807) is 6.92 Å². The molecule has 1 unspecified atom stereocenters. The molecule has 0 fully saturated rings. The summed E-state index contributed by atoms with van der Waals surface area (Å²) in [5, 5.41) is 27.1. The summed E-state index contributed by atoms with van der Waals surface area (Å²) in [5.41, 5.74) is 0.127. The van der Waals surface area contributed by atoms with Gasteiger partial charge in [0.15, 0.2) is 6.10 Å². The van der Waals surface area contributed by atoms with Crippen LogP contribution in [0.5, 0.6) is 11.5 Å². The Morgan fingerprint density at radius 2 is 2.20 bits per heavy atom. The summed E-state index contributed by atoms with van der Waals surface area (Å²) in [6, 6.07) is 3.88. The van der Waals surface area contributed by atoms with Crippen molar-refractivity contribution in [3.63, 3.8) is 0 Å². The van der Waals surface area contributed by atoms with Crippen molar-refractivity contribution in [2.24, 2.45) is 0 Å². The smallest absolute Gasteiger partial charge is 0.337 e. The van der Waals surface area contributed by atoms with Gasteiger partial charge in [0.25, 0.3) is 0 Å². The molecular weight excluding hydrogens is 200 g/mol. The van der Waals surface area contributed by atoms with Crippen molar-refractivity contribution < 1.29 is 24.9 Å². The maximum Gasteiger partial charge on any atom is 0.337 e. The van der Waals surface area contributed by atoms with E-state index in [9.17, 15) is 15.0 Å². The van der Waals surface area contributed by atoms with Crippen LogP contribution < -0.4 is 4.74 Å². The van der Waals surface area contributed by atoms with Crippen molar-refractivity contribution in [3.05, 3.63) is 23.8 Å². The van der Waals surface area contributed by atoms with Gasteiger partial charge in [-0.05, 0) is 19.1 Å². The minimum Gasteiger partial charge on any atom is -0.508 e. The highest BCUT2D eigenvalue weighted by Crippen LogP contribution is 2.29. The van der Waals surface area contributed by atoms with Crippen LogP contribution in [0.4, 0.5) is 0 Å². The standard InChI is InChI=1S/C10H12O5/c1-2-15-8-5-6(11)3-4-7(8)9(12)10(13)14/h3-5,9,11-12H,2H2,1H3,(H,13,14). The van der Waals surface area contributed by atoms with Crippen LogP contribution in [-0.2, 0) is 4.79 Å². The van der Waals surface area contributed by atoms with E-state index in [2.05, 4.69) is 0 Å². The molecule has 3 N–H and O–H groups in total. The van der Waals surface area contributed by atoms with E-state index in [0.29, 0.717) is 6.61 Å². The summed E-state index contributed by atoms with van der Waals surface area (Å²) in [7, 11) is 0. The molecule has 0 bridgehead atoms. The van der Waals surface area contributed by atoms with Gasteiger partial charge < -0.3 is 20.1 Å². The number of rotatable bonds is 4. The average molecular weight is 212 g/mol. The summed E-state index contributed by atoms with van der Waals surface area (Å²) < 4.78 is 5.11. The average Bonchev–Trinajstić information content (AvgIpc) is 2.17. The number of carbonyl (C=O) groups is 1. The van der Waals surface area contributed by atoms with Crippen molar-refractivity contribution in [2.45, 2.75) is 13.0 Å². The molecule has 0 radical (unpaired) electrons. The van der Waals surface area contributed by atoms with E-state index in [4.69, 9.17) is 9.84 Å². The van der Waals surface area contributed by atoms with Crippen molar-refractivity contribution in [3.8, 4) is 11.5 Å². The van der Waals surface area contributed by atoms with Crippen LogP contribution in [0.3, 0.4) is 0 Å². The third-order valence-electron chi connectivity index (χ3n) is 1.83. The third-order valence-corrected chi connectivity index (χ3v) is 1.83. The first-order valence-electron chi connectivity index (χ1n) is 4.42. The van der Waals surface area contributed by atoms with Gasteiger partial charge in [-0.2, -0.15) is 0 Å². The number of hydrogen-bond acceptors (Lipinski definition) is 4. The van der Waals surface area contributed by atoms with Crippen molar-refractivity contribution >= 4 is 5.97 Å². The minimum absolute atomic E-state index is 0.0419. The van der Waals surface area contributed by atoms with Gasteiger partial charge in [0.1, 0.15) is 11.5 Å². The van der Waals surface area contributed by atoms with Crippen LogP contribution in [-0.4, -0.2) is 27.9 Å². The van der Waals surface area contributed by atoms with Crippen LogP contribution in [0.2, 0.25) is 0 Å². The highest BCUT2D eigenvalue weighted by atomic mass is 16.5. The summed E-state index contributed by atoms with van der Waals surface area (Å²) >= 11 is 0. The molecule has 5 nitrogen and oxygen atoms in total. The quantitative estimate of drug-likeness (QED) is 0.690. The number of carboxylic acid groups (broad SMARTS) is 1. The molecule has 1 atom stereocenters. The largest absolute Gasteiger partial charge is 0.508 e. The van der Waals surface area contributed by atoms with Gasteiger partial charge in [0.2, 0.25) is 0 Å². The van der Waals surface area contributed by atoms with Gasteiger partial charge >= 0.3 is 5.97 Å². The number of benzene rings is 1. The van der Waals surface area contributed by atoms with Crippen LogP contribution >= 0.6 is 0 Å². The van der Waals surface area contributed by atoms with E-state index in [-0.39, 0.29) is 17.1 Å². The highest BCUT2D eigenvalue weighted by Gasteiger charge is 2.20. The van der Waals surface area contributed by atoms with Gasteiger partial charge in [-0.3, -0.25) is 0 Å². The van der Waals surface area contributed by atoms with E-state index in [0.717, 1.165) is 0 Å². The van der Waals surface area contributed by atoms with Crippen LogP contribution in [0.25, 0.3) is 0 Å². The van der Waals surface area contributed by atoms with Crippen LogP contribution in [0, 0.1) is 0 Å². The SMILES string of the molecule is CCOc1cc(O)ccc1C(O)C(=O)O. The van der Waals surface area contributed by atoms with E-state index < -0.39 is 12.1 Å². The zero-order valence-electron chi connectivity index (χ0n) is 8.17. The molecule has 0 aromatic heterocycles. The number of phenols is 1. The van der Waals surface area contributed by atoms with Crippen LogP contribution in [0.15, 0.2) is 18.2 Å². The molecule has 15 heavy (non-hydrogen) atoms. The first-order valence-corrected chi connectivity index (χ1v) is 4.42. The first kappa shape index (κ1) is 11.3. The topological polar surface area (TPSA) is 87.0 Å². The Morgan fingerprint density at radius 3 is 2.73 bits per heavy atom. The second kappa shape index (κ2) is 4.65. The molecule has 0 spiro atoms. The fraction of sp³-hybridized carbons (Fsp3) is 0.300. The summed E-state index contributed by atoms with van der Waals surface area (Å²) in [4.78, 5) is 10.6. The van der Waals surface area contributed by atoms with E-state index >= 15 is 0 Å². The zero-order chi connectivity index (χ0) is 11.4.